The molecule has 0 radical (unpaired) electrons. The van der Waals surface area contributed by atoms with Gasteiger partial charge in [-0.25, -0.2) is 0 Å². The Balaban J connectivity index is 1.76. The van der Waals surface area contributed by atoms with Gasteiger partial charge in [-0.1, -0.05) is 26.2 Å². The molecule has 2 fully saturated rings. The molecule has 0 heterocycles. The summed E-state index contributed by atoms with van der Waals surface area (Å²) < 4.78 is 0. The van der Waals surface area contributed by atoms with E-state index in [2.05, 4.69) is 19.2 Å². The van der Waals surface area contributed by atoms with E-state index in [1.54, 1.807) is 0 Å². The van der Waals surface area contributed by atoms with Crippen LogP contribution in [-0.4, -0.2) is 12.1 Å². The number of rotatable bonds is 3. The Morgan fingerprint density at radius 1 is 1.00 bits per heavy atom. The van der Waals surface area contributed by atoms with Crippen LogP contribution in [0.5, 0.6) is 0 Å². The van der Waals surface area contributed by atoms with Gasteiger partial charge < -0.3 is 5.32 Å². The maximum Gasteiger partial charge on any atom is 0.00952 e. The van der Waals surface area contributed by atoms with Crippen LogP contribution < -0.4 is 5.32 Å². The Morgan fingerprint density at radius 3 is 2.29 bits per heavy atom. The SMILES string of the molecule is CC1CCCCC1NC(C)C1CCC1. The first kappa shape index (κ1) is 10.5. The van der Waals surface area contributed by atoms with Crippen molar-refractivity contribution in [2.24, 2.45) is 11.8 Å². The van der Waals surface area contributed by atoms with E-state index in [9.17, 15) is 0 Å². The van der Waals surface area contributed by atoms with Crippen LogP contribution in [0.25, 0.3) is 0 Å². The van der Waals surface area contributed by atoms with Gasteiger partial charge in [-0.3, -0.25) is 0 Å². The summed E-state index contributed by atoms with van der Waals surface area (Å²) in [5, 5.41) is 3.87. The molecule has 0 bridgehead atoms. The van der Waals surface area contributed by atoms with Crippen molar-refractivity contribution >= 4 is 0 Å². The standard InChI is InChI=1S/C13H25N/c1-10-6-3-4-9-13(10)14-11(2)12-7-5-8-12/h10-14H,3-9H2,1-2H3. The normalized spacial score (nSPS) is 36.4. The molecule has 0 aromatic heterocycles. The third-order valence-electron chi connectivity index (χ3n) is 4.45. The van der Waals surface area contributed by atoms with E-state index < -0.39 is 0 Å². The van der Waals surface area contributed by atoms with Crippen molar-refractivity contribution in [3.63, 3.8) is 0 Å². The van der Waals surface area contributed by atoms with Gasteiger partial charge in [-0.05, 0) is 44.4 Å². The number of nitrogens with one attached hydrogen (secondary N) is 1. The minimum absolute atomic E-state index is 0.772. The third kappa shape index (κ3) is 2.31. The summed E-state index contributed by atoms with van der Waals surface area (Å²) in [7, 11) is 0. The van der Waals surface area contributed by atoms with Crippen molar-refractivity contribution in [3.8, 4) is 0 Å². The molecule has 2 aliphatic carbocycles. The molecule has 1 heteroatoms. The van der Waals surface area contributed by atoms with Gasteiger partial charge in [-0.15, -0.1) is 0 Å². The highest BCUT2D eigenvalue weighted by Crippen LogP contribution is 2.31. The highest BCUT2D eigenvalue weighted by Gasteiger charge is 2.28. The van der Waals surface area contributed by atoms with Gasteiger partial charge in [-0.2, -0.15) is 0 Å². The smallest absolute Gasteiger partial charge is 0.00952 e. The Bertz CT molecular complexity index is 174. The molecule has 0 aromatic rings. The van der Waals surface area contributed by atoms with Gasteiger partial charge in [0, 0.05) is 12.1 Å². The molecule has 2 aliphatic rings. The average molecular weight is 195 g/mol. The van der Waals surface area contributed by atoms with Crippen molar-refractivity contribution < 1.29 is 0 Å². The van der Waals surface area contributed by atoms with Gasteiger partial charge in [0.25, 0.3) is 0 Å². The lowest BCUT2D eigenvalue weighted by atomic mass is 9.78. The topological polar surface area (TPSA) is 12.0 Å². The second kappa shape index (κ2) is 4.65. The molecule has 2 rings (SSSR count). The molecule has 0 aromatic carbocycles. The second-order valence-electron chi connectivity index (χ2n) is 5.51. The Hall–Kier alpha value is -0.0400. The molecular weight excluding hydrogens is 170 g/mol. The minimum atomic E-state index is 0.772. The summed E-state index contributed by atoms with van der Waals surface area (Å²) in [5.74, 6) is 1.90. The molecule has 3 atom stereocenters. The quantitative estimate of drug-likeness (QED) is 0.728. The van der Waals surface area contributed by atoms with Crippen molar-refractivity contribution in [3.05, 3.63) is 0 Å². The van der Waals surface area contributed by atoms with Crippen molar-refractivity contribution in [1.82, 2.24) is 5.32 Å². The minimum Gasteiger partial charge on any atom is -0.311 e. The Kier molecular flexibility index (Phi) is 3.48. The number of hydrogen-bond donors (Lipinski definition) is 1. The lowest BCUT2D eigenvalue weighted by Gasteiger charge is -2.38. The van der Waals surface area contributed by atoms with Crippen LogP contribution in [0.1, 0.15) is 58.8 Å². The zero-order valence-corrected chi connectivity index (χ0v) is 9.76. The van der Waals surface area contributed by atoms with E-state index in [1.807, 2.05) is 0 Å². The van der Waals surface area contributed by atoms with E-state index in [1.165, 1.54) is 44.9 Å². The Labute approximate surface area is 88.7 Å². The summed E-state index contributed by atoms with van der Waals surface area (Å²) in [5.41, 5.74) is 0. The summed E-state index contributed by atoms with van der Waals surface area (Å²) in [6.45, 7) is 4.81. The average Bonchev–Trinajstić information content (AvgIpc) is 2.05. The van der Waals surface area contributed by atoms with Crippen molar-refractivity contribution in [2.75, 3.05) is 0 Å². The van der Waals surface area contributed by atoms with Gasteiger partial charge in [0.2, 0.25) is 0 Å². The second-order valence-corrected chi connectivity index (χ2v) is 5.51. The largest absolute Gasteiger partial charge is 0.311 e. The highest BCUT2D eigenvalue weighted by molar-refractivity contribution is 4.85. The van der Waals surface area contributed by atoms with Crippen LogP contribution in [-0.2, 0) is 0 Å². The molecule has 14 heavy (non-hydrogen) atoms. The van der Waals surface area contributed by atoms with Crippen LogP contribution in [0, 0.1) is 11.8 Å². The molecule has 0 amide bonds. The molecule has 1 nitrogen and oxygen atoms in total. The maximum atomic E-state index is 3.87. The van der Waals surface area contributed by atoms with Gasteiger partial charge in [0.15, 0.2) is 0 Å². The molecular formula is C13H25N. The summed E-state index contributed by atoms with van der Waals surface area (Å²) >= 11 is 0. The number of hydrogen-bond acceptors (Lipinski definition) is 1. The van der Waals surface area contributed by atoms with Crippen molar-refractivity contribution in [2.45, 2.75) is 70.9 Å². The fourth-order valence-corrected chi connectivity index (χ4v) is 2.98. The summed E-state index contributed by atoms with van der Waals surface area (Å²) in [6, 6.07) is 1.59. The van der Waals surface area contributed by atoms with E-state index in [-0.39, 0.29) is 0 Å². The first-order valence-electron chi connectivity index (χ1n) is 6.53. The monoisotopic (exact) mass is 195 g/mol. The predicted molar refractivity (Wildman–Crippen MR) is 61.4 cm³/mol. The van der Waals surface area contributed by atoms with Crippen LogP contribution >= 0.6 is 0 Å². The molecule has 0 aliphatic heterocycles. The molecule has 2 saturated carbocycles. The fraction of sp³-hybridized carbons (Fsp3) is 1.00. The lowest BCUT2D eigenvalue weighted by molar-refractivity contribution is 0.187. The van der Waals surface area contributed by atoms with E-state index >= 15 is 0 Å². The van der Waals surface area contributed by atoms with E-state index in [0.29, 0.717) is 0 Å². The van der Waals surface area contributed by atoms with Crippen LogP contribution in [0.3, 0.4) is 0 Å². The van der Waals surface area contributed by atoms with E-state index in [4.69, 9.17) is 0 Å². The third-order valence-corrected chi connectivity index (χ3v) is 4.45. The maximum absolute atomic E-state index is 3.87. The first-order chi connectivity index (χ1) is 6.77. The first-order valence-corrected chi connectivity index (χ1v) is 6.53. The molecule has 0 saturated heterocycles. The molecule has 0 spiro atoms. The summed E-state index contributed by atoms with van der Waals surface area (Å²) in [4.78, 5) is 0. The van der Waals surface area contributed by atoms with Crippen LogP contribution in [0.2, 0.25) is 0 Å². The van der Waals surface area contributed by atoms with Gasteiger partial charge in [0.05, 0.1) is 0 Å². The zero-order chi connectivity index (χ0) is 9.97. The summed E-state index contributed by atoms with van der Waals surface area (Å²) in [6.07, 6.45) is 10.2. The fourth-order valence-electron chi connectivity index (χ4n) is 2.98. The molecule has 3 unspecified atom stereocenters. The zero-order valence-electron chi connectivity index (χ0n) is 9.76. The highest BCUT2D eigenvalue weighted by atomic mass is 15.0. The van der Waals surface area contributed by atoms with E-state index in [0.717, 1.165) is 23.9 Å². The van der Waals surface area contributed by atoms with Crippen LogP contribution in [0.4, 0.5) is 0 Å². The Morgan fingerprint density at radius 2 is 1.71 bits per heavy atom. The molecule has 1 N–H and O–H groups in total. The molecule has 82 valence electrons. The predicted octanol–water partition coefficient (Wildman–Crippen LogP) is 3.34. The van der Waals surface area contributed by atoms with Crippen LogP contribution in [0.15, 0.2) is 0 Å². The lowest BCUT2D eigenvalue weighted by Crippen LogP contribution is -2.46. The van der Waals surface area contributed by atoms with Gasteiger partial charge in [0.1, 0.15) is 0 Å². The van der Waals surface area contributed by atoms with Gasteiger partial charge >= 0.3 is 0 Å². The van der Waals surface area contributed by atoms with Crippen molar-refractivity contribution in [1.29, 1.82) is 0 Å².